The van der Waals surface area contributed by atoms with Gasteiger partial charge in [0.1, 0.15) is 12.6 Å². The van der Waals surface area contributed by atoms with Crippen LogP contribution in [0.15, 0.2) is 47.4 Å². The summed E-state index contributed by atoms with van der Waals surface area (Å²) >= 11 is 0. The van der Waals surface area contributed by atoms with Gasteiger partial charge in [-0.05, 0) is 43.5 Å². The minimum absolute atomic E-state index is 0.334. The molecule has 178 valence electrons. The lowest BCUT2D eigenvalue weighted by atomic mass is 10.1. The van der Waals surface area contributed by atoms with E-state index in [9.17, 15) is 27.6 Å². The van der Waals surface area contributed by atoms with E-state index < -0.39 is 41.7 Å². The van der Waals surface area contributed by atoms with Crippen LogP contribution < -0.4 is 21.1 Å². The fourth-order valence-corrected chi connectivity index (χ4v) is 3.76. The molecule has 33 heavy (non-hydrogen) atoms. The van der Waals surface area contributed by atoms with Crippen molar-refractivity contribution in [1.29, 1.82) is 0 Å². The van der Waals surface area contributed by atoms with Gasteiger partial charge >= 0.3 is 6.18 Å². The van der Waals surface area contributed by atoms with E-state index in [-0.39, 0.29) is 0 Å². The van der Waals surface area contributed by atoms with E-state index in [0.717, 1.165) is 37.7 Å². The lowest BCUT2D eigenvalue weighted by molar-refractivity contribution is -0.138. The molecule has 0 saturated carbocycles. The number of carbonyl (C=O) groups is 2. The Morgan fingerprint density at radius 2 is 1.85 bits per heavy atom. The van der Waals surface area contributed by atoms with E-state index in [1.54, 1.807) is 6.07 Å². The Kier molecular flexibility index (Phi) is 7.78. The van der Waals surface area contributed by atoms with E-state index in [1.165, 1.54) is 0 Å². The highest BCUT2D eigenvalue weighted by atomic mass is 19.4. The third kappa shape index (κ3) is 6.59. The van der Waals surface area contributed by atoms with Gasteiger partial charge in [0.05, 0.1) is 5.56 Å². The number of carbonyl (C=O) groups excluding carboxylic acids is 2. The molecule has 10 heteroatoms. The molecular weight excluding hydrogens is 437 g/mol. The normalized spacial score (nSPS) is 14.7. The molecule has 2 N–H and O–H groups in total. The predicted molar refractivity (Wildman–Crippen MR) is 119 cm³/mol. The second-order valence-electron chi connectivity index (χ2n) is 8.02. The lowest BCUT2D eigenvalue weighted by Crippen LogP contribution is -2.45. The third-order valence-corrected chi connectivity index (χ3v) is 5.44. The molecule has 2 heterocycles. The van der Waals surface area contributed by atoms with Gasteiger partial charge in [-0.1, -0.05) is 19.4 Å². The zero-order valence-corrected chi connectivity index (χ0v) is 18.3. The van der Waals surface area contributed by atoms with Crippen molar-refractivity contribution in [2.24, 2.45) is 0 Å². The predicted octanol–water partition coefficient (Wildman–Crippen LogP) is 3.39. The summed E-state index contributed by atoms with van der Waals surface area (Å²) in [5, 5.41) is 5.34. The number of hydrogen-bond donors (Lipinski definition) is 2. The number of amides is 2. The molecule has 0 bridgehead atoms. The molecule has 2 aromatic rings. The zero-order valence-electron chi connectivity index (χ0n) is 18.3. The second-order valence-corrected chi connectivity index (χ2v) is 8.02. The second kappa shape index (κ2) is 10.5. The molecule has 7 nitrogen and oxygen atoms in total. The molecule has 0 aliphatic carbocycles. The number of alkyl halides is 3. The minimum atomic E-state index is -4.64. The molecule has 0 radical (unpaired) electrons. The monoisotopic (exact) mass is 464 g/mol. The maximum Gasteiger partial charge on any atom is 0.417 e. The highest BCUT2D eigenvalue weighted by molar-refractivity contribution is 5.97. The fraction of sp³-hybridized carbons (Fsp3) is 0.435. The van der Waals surface area contributed by atoms with Crippen LogP contribution in [0.2, 0.25) is 0 Å². The summed E-state index contributed by atoms with van der Waals surface area (Å²) in [6.07, 6.45) is -0.871. The molecular formula is C23H27F3N4O3. The smallest absolute Gasteiger partial charge is 0.371 e. The van der Waals surface area contributed by atoms with Crippen LogP contribution in [0.3, 0.4) is 0 Å². The molecule has 0 unspecified atom stereocenters. The van der Waals surface area contributed by atoms with Crippen LogP contribution in [0.1, 0.15) is 38.2 Å². The van der Waals surface area contributed by atoms with Gasteiger partial charge in [0.15, 0.2) is 0 Å². The Hall–Kier alpha value is -3.30. The van der Waals surface area contributed by atoms with Crippen molar-refractivity contribution in [3.63, 3.8) is 0 Å². The number of rotatable bonds is 8. The number of halogens is 3. The van der Waals surface area contributed by atoms with Crippen molar-refractivity contribution in [2.75, 3.05) is 23.3 Å². The maximum atomic E-state index is 12.9. The average molecular weight is 464 g/mol. The molecule has 3 rings (SSSR count). The number of hydrogen-bond acceptors (Lipinski definition) is 4. The molecule has 1 aliphatic rings. The highest BCUT2D eigenvalue weighted by Gasteiger charge is 2.31. The Balaban J connectivity index is 1.66. The summed E-state index contributed by atoms with van der Waals surface area (Å²) < 4.78 is 39.4. The van der Waals surface area contributed by atoms with Gasteiger partial charge in [-0.25, -0.2) is 0 Å². The van der Waals surface area contributed by atoms with E-state index in [2.05, 4.69) is 15.5 Å². The Labute approximate surface area is 189 Å². The molecule has 1 aliphatic heterocycles. The summed E-state index contributed by atoms with van der Waals surface area (Å²) in [4.78, 5) is 39.4. The number of benzene rings is 1. The van der Waals surface area contributed by atoms with Gasteiger partial charge in [-0.15, -0.1) is 0 Å². The number of pyridine rings is 1. The molecule has 1 atom stereocenters. The van der Waals surface area contributed by atoms with Crippen molar-refractivity contribution in [3.05, 3.63) is 58.5 Å². The maximum absolute atomic E-state index is 12.9. The van der Waals surface area contributed by atoms with Crippen LogP contribution >= 0.6 is 0 Å². The SMILES string of the molecule is CCC[C@H](NC(=O)Cn1cc(C(F)(F)F)ccc1=O)C(=O)Nc1cccc(N2CCCC2)c1. The third-order valence-electron chi connectivity index (χ3n) is 5.44. The minimum Gasteiger partial charge on any atom is -0.371 e. The van der Waals surface area contributed by atoms with Crippen LogP contribution in [0, 0.1) is 0 Å². The number of nitrogens with zero attached hydrogens (tertiary/aromatic N) is 2. The first kappa shape index (κ1) is 24.3. The molecule has 2 amide bonds. The Morgan fingerprint density at radius 1 is 1.12 bits per heavy atom. The summed E-state index contributed by atoms with van der Waals surface area (Å²) in [6, 6.07) is 7.98. The van der Waals surface area contributed by atoms with E-state index >= 15 is 0 Å². The summed E-state index contributed by atoms with van der Waals surface area (Å²) in [6.45, 7) is 3.14. The quantitative estimate of drug-likeness (QED) is 0.628. The number of nitrogens with one attached hydrogen (secondary N) is 2. The van der Waals surface area contributed by atoms with E-state index in [4.69, 9.17) is 0 Å². The van der Waals surface area contributed by atoms with Gasteiger partial charge in [-0.2, -0.15) is 13.2 Å². The van der Waals surface area contributed by atoms with Gasteiger partial charge in [0.2, 0.25) is 11.8 Å². The molecule has 0 spiro atoms. The first-order valence-corrected chi connectivity index (χ1v) is 10.9. The summed E-state index contributed by atoms with van der Waals surface area (Å²) in [7, 11) is 0. The molecule has 1 fully saturated rings. The molecule has 1 aromatic heterocycles. The van der Waals surface area contributed by atoms with E-state index in [0.29, 0.717) is 35.4 Å². The van der Waals surface area contributed by atoms with Crippen LogP contribution in [0.5, 0.6) is 0 Å². The Morgan fingerprint density at radius 3 is 2.52 bits per heavy atom. The van der Waals surface area contributed by atoms with Crippen molar-refractivity contribution >= 4 is 23.2 Å². The first-order chi connectivity index (χ1) is 15.7. The van der Waals surface area contributed by atoms with Crippen LogP contribution in [0.25, 0.3) is 0 Å². The Bertz CT molecular complexity index is 1050. The van der Waals surface area contributed by atoms with Crippen molar-refractivity contribution in [2.45, 2.75) is 51.4 Å². The zero-order chi connectivity index (χ0) is 24.0. The summed E-state index contributed by atoms with van der Waals surface area (Å²) in [5.74, 6) is -1.16. The van der Waals surface area contributed by atoms with Crippen LogP contribution in [0.4, 0.5) is 24.5 Å². The van der Waals surface area contributed by atoms with Crippen molar-refractivity contribution in [3.8, 4) is 0 Å². The topological polar surface area (TPSA) is 83.4 Å². The molecule has 1 saturated heterocycles. The summed E-state index contributed by atoms with van der Waals surface area (Å²) in [5.41, 5.74) is -0.178. The average Bonchev–Trinajstić information content (AvgIpc) is 3.29. The van der Waals surface area contributed by atoms with Gasteiger partial charge in [0.25, 0.3) is 5.56 Å². The lowest BCUT2D eigenvalue weighted by Gasteiger charge is -2.21. The van der Waals surface area contributed by atoms with Crippen molar-refractivity contribution in [1.82, 2.24) is 9.88 Å². The van der Waals surface area contributed by atoms with Crippen LogP contribution in [-0.2, 0) is 22.3 Å². The van der Waals surface area contributed by atoms with E-state index in [1.807, 2.05) is 25.1 Å². The van der Waals surface area contributed by atoms with Gasteiger partial charge in [-0.3, -0.25) is 14.4 Å². The van der Waals surface area contributed by atoms with Gasteiger partial charge in [0, 0.05) is 36.7 Å². The molecule has 1 aromatic carbocycles. The standard InChI is InChI=1S/C23H27F3N4O3/c1-2-6-19(22(33)27-17-7-5-8-18(13-17)29-11-3-4-12-29)28-20(31)15-30-14-16(23(24,25)26)9-10-21(30)32/h5,7-10,13-14,19H,2-4,6,11-12,15H2,1H3,(H,27,33)(H,28,31)/t19-/m0/s1. The van der Waals surface area contributed by atoms with Crippen molar-refractivity contribution < 1.29 is 22.8 Å². The highest BCUT2D eigenvalue weighted by Crippen LogP contribution is 2.28. The first-order valence-electron chi connectivity index (χ1n) is 10.9. The number of aromatic nitrogens is 1. The number of anilines is 2. The fourth-order valence-electron chi connectivity index (χ4n) is 3.76. The van der Waals surface area contributed by atoms with Gasteiger partial charge < -0.3 is 20.1 Å². The van der Waals surface area contributed by atoms with Crippen LogP contribution in [-0.4, -0.2) is 35.5 Å². The largest absolute Gasteiger partial charge is 0.417 e.